The number of ether oxygens (including phenoxy) is 3. The van der Waals surface area contributed by atoms with Crippen LogP contribution in [0.1, 0.15) is 37.8 Å². The molecule has 0 saturated heterocycles. The number of fused-ring (bicyclic) bond motifs is 1. The fourth-order valence-corrected chi connectivity index (χ4v) is 4.79. The van der Waals surface area contributed by atoms with Crippen LogP contribution in [0, 0.1) is 12.3 Å². The number of aliphatic imine (C=N–C) groups is 1. The van der Waals surface area contributed by atoms with Crippen molar-refractivity contribution in [3.8, 4) is 17.2 Å². The van der Waals surface area contributed by atoms with Crippen LogP contribution in [-0.2, 0) is 4.79 Å². The van der Waals surface area contributed by atoms with Crippen LogP contribution in [0.2, 0.25) is 5.02 Å². The number of benzene rings is 2. The summed E-state index contributed by atoms with van der Waals surface area (Å²) in [6.07, 6.45) is 3.26. The van der Waals surface area contributed by atoms with Crippen molar-refractivity contribution in [2.75, 3.05) is 19.8 Å². The number of nitrogens with one attached hydrogen (secondary N) is 1. The lowest BCUT2D eigenvalue weighted by atomic mass is 10.1. The number of hydrogen-bond acceptors (Lipinski definition) is 7. The van der Waals surface area contributed by atoms with E-state index in [1.54, 1.807) is 18.2 Å². The van der Waals surface area contributed by atoms with Gasteiger partial charge in [-0.3, -0.25) is 10.2 Å². The normalized spacial score (nSPS) is 16.1. The van der Waals surface area contributed by atoms with E-state index < -0.39 is 5.91 Å². The van der Waals surface area contributed by atoms with Crippen molar-refractivity contribution in [1.29, 1.82) is 5.41 Å². The summed E-state index contributed by atoms with van der Waals surface area (Å²) >= 11 is 7.87. The van der Waals surface area contributed by atoms with E-state index in [0.717, 1.165) is 29.2 Å². The molecule has 0 spiro atoms. The van der Waals surface area contributed by atoms with Gasteiger partial charge in [0.25, 0.3) is 5.91 Å². The molecule has 0 unspecified atom stereocenters. The maximum Gasteiger partial charge on any atom is 0.283 e. The van der Waals surface area contributed by atoms with Gasteiger partial charge in [-0.2, -0.15) is 15.1 Å². The van der Waals surface area contributed by atoms with Gasteiger partial charge in [0.2, 0.25) is 5.17 Å². The first-order chi connectivity index (χ1) is 17.4. The largest absolute Gasteiger partial charge is 0.490 e. The molecule has 10 heteroatoms. The van der Waals surface area contributed by atoms with Crippen molar-refractivity contribution >= 4 is 51.4 Å². The Bertz CT molecular complexity index is 1260. The number of nitrogens with zero attached hydrogens (tertiary/aromatic N) is 3. The van der Waals surface area contributed by atoms with Gasteiger partial charge < -0.3 is 14.2 Å². The van der Waals surface area contributed by atoms with E-state index in [1.165, 1.54) is 16.8 Å². The summed E-state index contributed by atoms with van der Waals surface area (Å²) in [7, 11) is 0. The van der Waals surface area contributed by atoms with Gasteiger partial charge in [-0.15, -0.1) is 0 Å². The van der Waals surface area contributed by atoms with Gasteiger partial charge in [-0.1, -0.05) is 36.2 Å². The monoisotopic (exact) mass is 526 g/mol. The van der Waals surface area contributed by atoms with Crippen LogP contribution in [0.5, 0.6) is 17.2 Å². The van der Waals surface area contributed by atoms with Crippen molar-refractivity contribution < 1.29 is 19.0 Å². The summed E-state index contributed by atoms with van der Waals surface area (Å²) in [6, 6.07) is 11.2. The van der Waals surface area contributed by atoms with Gasteiger partial charge in [-0.05, 0) is 74.4 Å². The number of halogens is 1. The van der Waals surface area contributed by atoms with Crippen LogP contribution >= 0.6 is 23.4 Å². The summed E-state index contributed by atoms with van der Waals surface area (Å²) < 4.78 is 17.4. The van der Waals surface area contributed by atoms with Crippen molar-refractivity contribution in [2.24, 2.45) is 10.1 Å². The first-order valence-corrected chi connectivity index (χ1v) is 12.9. The van der Waals surface area contributed by atoms with E-state index in [9.17, 15) is 4.79 Å². The van der Waals surface area contributed by atoms with Gasteiger partial charge >= 0.3 is 0 Å². The molecule has 4 rings (SSSR count). The lowest BCUT2D eigenvalue weighted by Gasteiger charge is -2.20. The third-order valence-electron chi connectivity index (χ3n) is 5.22. The first-order valence-electron chi connectivity index (χ1n) is 11.7. The molecular formula is C26H27ClN4O4S. The molecule has 0 fully saturated rings. The van der Waals surface area contributed by atoms with E-state index in [-0.39, 0.29) is 18.0 Å². The Morgan fingerprint density at radius 1 is 1.11 bits per heavy atom. The second kappa shape index (κ2) is 11.6. The van der Waals surface area contributed by atoms with E-state index in [0.29, 0.717) is 40.5 Å². The van der Waals surface area contributed by atoms with Crippen LogP contribution in [-0.4, -0.2) is 46.8 Å². The zero-order valence-corrected chi connectivity index (χ0v) is 21.9. The molecule has 2 aliphatic rings. The fourth-order valence-electron chi connectivity index (χ4n) is 3.53. The molecule has 0 radical (unpaired) electrons. The van der Waals surface area contributed by atoms with Crippen LogP contribution in [0.4, 0.5) is 0 Å². The van der Waals surface area contributed by atoms with Crippen molar-refractivity contribution in [3.05, 3.63) is 58.1 Å². The third kappa shape index (κ3) is 5.91. The van der Waals surface area contributed by atoms with E-state index in [2.05, 4.69) is 10.1 Å². The van der Waals surface area contributed by atoms with Gasteiger partial charge in [-0.25, -0.2) is 0 Å². The fraction of sp³-hybridized carbons (Fsp3) is 0.308. The zero-order chi connectivity index (χ0) is 25.7. The lowest BCUT2D eigenvalue weighted by Crippen LogP contribution is -2.35. The quantitative estimate of drug-likeness (QED) is 0.305. The summed E-state index contributed by atoms with van der Waals surface area (Å²) in [5.74, 6) is 1.07. The molecule has 2 aromatic rings. The summed E-state index contributed by atoms with van der Waals surface area (Å²) in [4.78, 5) is 16.8. The second-order valence-electron chi connectivity index (χ2n) is 8.04. The number of rotatable bonds is 10. The van der Waals surface area contributed by atoms with E-state index in [4.69, 9.17) is 31.2 Å². The Morgan fingerprint density at radius 2 is 1.86 bits per heavy atom. The highest BCUT2D eigenvalue weighted by atomic mass is 35.5. The Hall–Kier alpha value is -3.30. The highest BCUT2D eigenvalue weighted by Gasteiger charge is 2.35. The minimum atomic E-state index is -0.491. The number of hydrazone groups is 1. The highest BCUT2D eigenvalue weighted by Crippen LogP contribution is 2.38. The number of amidine groups is 2. The van der Waals surface area contributed by atoms with E-state index >= 15 is 0 Å². The Balaban J connectivity index is 1.50. The molecule has 0 saturated carbocycles. The van der Waals surface area contributed by atoms with Crippen molar-refractivity contribution in [3.63, 3.8) is 0 Å². The molecule has 0 atom stereocenters. The average molecular weight is 527 g/mol. The topological polar surface area (TPSA) is 96.6 Å². The molecule has 2 aliphatic heterocycles. The molecule has 0 aromatic heterocycles. The van der Waals surface area contributed by atoms with Gasteiger partial charge in [0.05, 0.1) is 17.2 Å². The number of carbonyl (C=O) groups is 1. The van der Waals surface area contributed by atoms with Crippen LogP contribution < -0.4 is 14.2 Å². The minimum absolute atomic E-state index is 0.0220. The Kier molecular flexibility index (Phi) is 8.32. The van der Waals surface area contributed by atoms with Crippen LogP contribution in [0.25, 0.3) is 6.08 Å². The smallest absolute Gasteiger partial charge is 0.283 e. The zero-order valence-electron chi connectivity index (χ0n) is 20.3. The molecule has 2 heterocycles. The van der Waals surface area contributed by atoms with E-state index in [1.807, 2.05) is 45.0 Å². The summed E-state index contributed by atoms with van der Waals surface area (Å²) in [5, 5.41) is 15.9. The minimum Gasteiger partial charge on any atom is -0.490 e. The standard InChI is InChI=1S/C26H27ClN4O4S/c1-4-6-22-30-31-24(28)19(25(32)29-26(31)36-22)13-17-14-20(27)23(21(15-17)33-5-2)35-12-11-34-18-9-7-16(3)8-10-18/h7-10,13-15,28H,4-6,11-12H2,1-3H3/b19-13-,28-24?. The van der Waals surface area contributed by atoms with Gasteiger partial charge in [0.1, 0.15) is 24.0 Å². The molecular weight excluding hydrogens is 500 g/mol. The predicted molar refractivity (Wildman–Crippen MR) is 145 cm³/mol. The van der Waals surface area contributed by atoms with Crippen molar-refractivity contribution in [1.82, 2.24) is 5.01 Å². The van der Waals surface area contributed by atoms with Crippen molar-refractivity contribution in [2.45, 2.75) is 33.6 Å². The van der Waals surface area contributed by atoms with Gasteiger partial charge in [0.15, 0.2) is 17.3 Å². The SMILES string of the molecule is CCCC1=NN2C(=N)/C(=C/c3cc(Cl)c(OCCOc4ccc(C)cc4)c(OCC)c3)C(=O)N=C2S1. The predicted octanol–water partition coefficient (Wildman–Crippen LogP) is 5.92. The molecule has 8 nitrogen and oxygen atoms in total. The maximum absolute atomic E-state index is 12.7. The molecule has 2 aromatic carbocycles. The average Bonchev–Trinajstić information content (AvgIpc) is 3.25. The molecule has 1 N–H and O–H groups in total. The lowest BCUT2D eigenvalue weighted by molar-refractivity contribution is -0.114. The molecule has 0 aliphatic carbocycles. The molecule has 0 bridgehead atoms. The number of amides is 1. The second-order valence-corrected chi connectivity index (χ2v) is 9.48. The van der Waals surface area contributed by atoms with Crippen LogP contribution in [0.3, 0.4) is 0 Å². The highest BCUT2D eigenvalue weighted by molar-refractivity contribution is 8.26. The van der Waals surface area contributed by atoms with Gasteiger partial charge in [0, 0.05) is 0 Å². The summed E-state index contributed by atoms with van der Waals surface area (Å²) in [6.45, 7) is 6.92. The number of aryl methyl sites for hydroxylation is 1. The number of carbonyl (C=O) groups excluding carboxylic acids is 1. The maximum atomic E-state index is 12.7. The number of thioether (sulfide) groups is 1. The Labute approximate surface area is 219 Å². The molecule has 188 valence electrons. The number of hydrogen-bond donors (Lipinski definition) is 1. The first kappa shape index (κ1) is 25.8. The van der Waals surface area contributed by atoms with Crippen LogP contribution in [0.15, 0.2) is 52.1 Å². The third-order valence-corrected chi connectivity index (χ3v) is 6.47. The molecule has 1 amide bonds. The summed E-state index contributed by atoms with van der Waals surface area (Å²) in [5.41, 5.74) is 1.87. The molecule has 36 heavy (non-hydrogen) atoms. The Morgan fingerprint density at radius 3 is 2.58 bits per heavy atom.